The van der Waals surface area contributed by atoms with Crippen molar-refractivity contribution in [3.63, 3.8) is 0 Å². The summed E-state index contributed by atoms with van der Waals surface area (Å²) < 4.78 is 45.9. The molecule has 0 spiro atoms. The zero-order valence-corrected chi connectivity index (χ0v) is 27.4. The van der Waals surface area contributed by atoms with Gasteiger partial charge in [-0.15, -0.1) is 0 Å². The molecule has 0 unspecified atom stereocenters. The van der Waals surface area contributed by atoms with Gasteiger partial charge in [0, 0.05) is 23.7 Å². The average molecular weight is 584 g/mol. The van der Waals surface area contributed by atoms with E-state index in [4.69, 9.17) is 15.0 Å². The minimum Gasteiger partial charge on any atom is -0.507 e. The molecular formula is C37H57NO4. The van der Waals surface area contributed by atoms with Crippen LogP contribution in [0.1, 0.15) is 133 Å². The van der Waals surface area contributed by atoms with Crippen LogP contribution in [0.2, 0.25) is 0 Å². The maximum Gasteiger partial charge on any atom is 0.221 e. The number of hydrogen-bond acceptors (Lipinski definition) is 4. The highest BCUT2D eigenvalue weighted by Gasteiger charge is 2.35. The van der Waals surface area contributed by atoms with Crippen molar-refractivity contribution < 1.29 is 24.9 Å². The monoisotopic (exact) mass is 583 g/mol. The topological polar surface area (TPSA) is 67.8 Å². The van der Waals surface area contributed by atoms with Crippen LogP contribution in [0.15, 0.2) is 24.2 Å². The second-order valence-electron chi connectivity index (χ2n) is 13.5. The number of carbonyl (C=O) groups excluding carboxylic acids is 1. The molecule has 3 rings (SSSR count). The van der Waals surface area contributed by atoms with Crippen molar-refractivity contribution in [1.82, 2.24) is 0 Å². The van der Waals surface area contributed by atoms with Crippen molar-refractivity contribution in [3.05, 3.63) is 46.4 Å². The van der Waals surface area contributed by atoms with E-state index in [9.17, 15) is 9.90 Å². The maximum absolute atomic E-state index is 11.5. The van der Waals surface area contributed by atoms with E-state index in [1.807, 2.05) is 13.8 Å². The smallest absolute Gasteiger partial charge is 0.221 e. The maximum atomic E-state index is 11.5. The summed E-state index contributed by atoms with van der Waals surface area (Å²) >= 11 is 0. The molecule has 2 aromatic rings. The van der Waals surface area contributed by atoms with Crippen molar-refractivity contribution in [2.24, 2.45) is 17.8 Å². The van der Waals surface area contributed by atoms with Gasteiger partial charge in [-0.25, -0.2) is 0 Å². The number of amides is 1. The zero-order chi connectivity index (χ0) is 34.3. The Balaban J connectivity index is 1.65. The molecule has 5 nitrogen and oxygen atoms in total. The lowest BCUT2D eigenvalue weighted by atomic mass is 9.83. The first-order valence-electron chi connectivity index (χ1n) is 18.1. The Labute approximate surface area is 261 Å². The zero-order valence-electron chi connectivity index (χ0n) is 31.4. The van der Waals surface area contributed by atoms with Crippen molar-refractivity contribution in [2.75, 3.05) is 5.32 Å². The molecule has 42 heavy (non-hydrogen) atoms. The fourth-order valence-electron chi connectivity index (χ4n) is 6.06. The van der Waals surface area contributed by atoms with Gasteiger partial charge in [0.2, 0.25) is 5.91 Å². The van der Waals surface area contributed by atoms with E-state index in [2.05, 4.69) is 39.9 Å². The first kappa shape index (κ1) is 28.1. The summed E-state index contributed by atoms with van der Waals surface area (Å²) in [6.07, 6.45) is 12.6. The molecule has 0 fully saturated rings. The largest absolute Gasteiger partial charge is 0.507 e. The standard InChI is InChI=1S/C37H57NO4/c1-25(2)12-9-13-26(3)14-10-15-27(4)16-11-22-37(8)23-21-33-34(35(40)28(5)29(6)36(33)42-37)24-41-32-19-17-31(18-20-32)38-30(7)39/h17-20,25-27,40H,9-16,21-24H2,1-8H3,(H,38,39)/t26-,27-,37-/m1/s1/i17D,18D,19D,20D. The number of carbonyl (C=O) groups is 1. The number of nitrogens with one attached hydrogen (secondary N) is 1. The van der Waals surface area contributed by atoms with Crippen molar-refractivity contribution in [1.29, 1.82) is 0 Å². The molecule has 0 bridgehead atoms. The Bertz CT molecular complexity index is 1350. The highest BCUT2D eigenvalue weighted by Crippen LogP contribution is 2.45. The fraction of sp³-hybridized carbons (Fsp3) is 0.649. The second kappa shape index (κ2) is 15.7. The molecule has 2 N–H and O–H groups in total. The van der Waals surface area contributed by atoms with Gasteiger partial charge in [0.15, 0.2) is 0 Å². The Morgan fingerprint density at radius 2 is 1.60 bits per heavy atom. The van der Waals surface area contributed by atoms with E-state index in [-0.39, 0.29) is 29.4 Å². The van der Waals surface area contributed by atoms with Gasteiger partial charge in [-0.1, -0.05) is 72.6 Å². The predicted octanol–water partition coefficient (Wildman–Crippen LogP) is 10.1. The van der Waals surface area contributed by atoms with E-state index in [1.165, 1.54) is 51.9 Å². The molecule has 234 valence electrons. The molecule has 1 aliphatic heterocycles. The Morgan fingerprint density at radius 1 is 1.00 bits per heavy atom. The summed E-state index contributed by atoms with van der Waals surface area (Å²) in [5, 5.41) is 13.5. The summed E-state index contributed by atoms with van der Waals surface area (Å²) in [6.45, 7) is 16.5. The van der Waals surface area contributed by atoms with Crippen LogP contribution in [0.3, 0.4) is 0 Å². The van der Waals surface area contributed by atoms with Crippen LogP contribution in [0.25, 0.3) is 0 Å². The first-order valence-corrected chi connectivity index (χ1v) is 16.1. The minimum atomic E-state index is -0.490. The van der Waals surface area contributed by atoms with Crippen LogP contribution >= 0.6 is 0 Å². The van der Waals surface area contributed by atoms with Crippen LogP contribution in [-0.2, 0) is 17.8 Å². The third-order valence-corrected chi connectivity index (χ3v) is 8.97. The van der Waals surface area contributed by atoms with Gasteiger partial charge in [0.05, 0.1) is 5.48 Å². The fourth-order valence-corrected chi connectivity index (χ4v) is 6.06. The van der Waals surface area contributed by atoms with Gasteiger partial charge in [-0.3, -0.25) is 4.79 Å². The van der Waals surface area contributed by atoms with E-state index >= 15 is 0 Å². The third-order valence-electron chi connectivity index (χ3n) is 8.97. The number of rotatable bonds is 16. The molecule has 0 aliphatic carbocycles. The third kappa shape index (κ3) is 9.95. The summed E-state index contributed by atoms with van der Waals surface area (Å²) in [4.78, 5) is 11.5. The number of anilines is 1. The lowest BCUT2D eigenvalue weighted by Gasteiger charge is -2.38. The average Bonchev–Trinajstić information content (AvgIpc) is 2.98. The number of phenols is 1. The number of ether oxygens (including phenoxy) is 2. The van der Waals surface area contributed by atoms with Gasteiger partial charge in [0.25, 0.3) is 0 Å². The van der Waals surface area contributed by atoms with E-state index in [1.54, 1.807) is 0 Å². The quantitative estimate of drug-likeness (QED) is 0.206. The molecule has 5 heteroatoms. The lowest BCUT2D eigenvalue weighted by Crippen LogP contribution is -2.37. The SMILES string of the molecule is [2H]c1c([2H])c(OCc2c(O)c(C)c(C)c3c2CC[C@@](C)(CCC[C@H](C)CCC[C@H](C)CCCC(C)C)O3)c([2H])c([2H])c1NC(C)=O. The molecule has 0 radical (unpaired) electrons. The van der Waals surface area contributed by atoms with Crippen LogP contribution < -0.4 is 14.8 Å². The molecule has 0 saturated carbocycles. The number of benzene rings is 2. The van der Waals surface area contributed by atoms with Crippen molar-refractivity contribution in [2.45, 2.75) is 138 Å². The highest BCUT2D eigenvalue weighted by atomic mass is 16.5. The Kier molecular flexibility index (Phi) is 10.5. The van der Waals surface area contributed by atoms with Crippen molar-refractivity contribution in [3.8, 4) is 17.2 Å². The second-order valence-corrected chi connectivity index (χ2v) is 13.5. The molecule has 1 heterocycles. The van der Waals surface area contributed by atoms with Gasteiger partial charge in [0.1, 0.15) is 29.5 Å². The molecule has 0 saturated heterocycles. The number of phenolic OH excluding ortho intramolecular Hbond substituents is 1. The number of aromatic hydroxyl groups is 1. The molecule has 2 aromatic carbocycles. The molecule has 0 aromatic heterocycles. The van der Waals surface area contributed by atoms with Crippen LogP contribution in [0.5, 0.6) is 17.2 Å². The van der Waals surface area contributed by atoms with Gasteiger partial charge < -0.3 is 19.9 Å². The van der Waals surface area contributed by atoms with Gasteiger partial charge in [-0.2, -0.15) is 0 Å². The molecule has 1 amide bonds. The van der Waals surface area contributed by atoms with E-state index < -0.39 is 30.1 Å². The Morgan fingerprint density at radius 3 is 2.19 bits per heavy atom. The number of fused-ring (bicyclic) bond motifs is 1. The van der Waals surface area contributed by atoms with Crippen LogP contribution in [-0.4, -0.2) is 16.6 Å². The summed E-state index contributed by atoms with van der Waals surface area (Å²) in [5.74, 6) is 2.44. The number of hydrogen-bond donors (Lipinski definition) is 2. The molecule has 1 aliphatic rings. The lowest BCUT2D eigenvalue weighted by molar-refractivity contribution is -0.114. The summed E-state index contributed by atoms with van der Waals surface area (Å²) in [5.41, 5.74) is 2.47. The first-order chi connectivity index (χ1) is 21.6. The Hall–Kier alpha value is -2.69. The highest BCUT2D eigenvalue weighted by molar-refractivity contribution is 5.88. The predicted molar refractivity (Wildman–Crippen MR) is 175 cm³/mol. The van der Waals surface area contributed by atoms with Crippen molar-refractivity contribution >= 4 is 11.6 Å². The normalized spacial score (nSPS) is 19.2. The minimum absolute atomic E-state index is 0.0941. The van der Waals surface area contributed by atoms with E-state index in [0.717, 1.165) is 48.0 Å². The van der Waals surface area contributed by atoms with Gasteiger partial charge >= 0.3 is 0 Å². The van der Waals surface area contributed by atoms with Crippen LogP contribution in [0.4, 0.5) is 5.69 Å². The summed E-state index contributed by atoms with van der Waals surface area (Å²) in [6, 6.07) is -1.57. The van der Waals surface area contributed by atoms with Crippen LogP contribution in [0, 0.1) is 31.6 Å². The van der Waals surface area contributed by atoms with E-state index in [0.29, 0.717) is 23.5 Å². The molecular weight excluding hydrogens is 522 g/mol. The summed E-state index contributed by atoms with van der Waals surface area (Å²) in [7, 11) is 0. The molecule has 3 atom stereocenters. The van der Waals surface area contributed by atoms with Gasteiger partial charge in [-0.05, 0) is 99.5 Å².